The van der Waals surface area contributed by atoms with E-state index in [0.29, 0.717) is 25.0 Å². The minimum absolute atomic E-state index is 0.0319. The summed E-state index contributed by atoms with van der Waals surface area (Å²) in [4.78, 5) is 27.3. The second-order valence-corrected chi connectivity index (χ2v) is 5.09. The molecule has 2 aliphatic rings. The lowest BCUT2D eigenvalue weighted by Gasteiger charge is -2.30. The molecule has 0 aliphatic carbocycles. The van der Waals surface area contributed by atoms with E-state index in [1.165, 1.54) is 0 Å². The van der Waals surface area contributed by atoms with Crippen LogP contribution in [-0.2, 0) is 9.59 Å². The molecule has 2 amide bonds. The first-order chi connectivity index (χ1) is 8.09. The van der Waals surface area contributed by atoms with Crippen LogP contribution < -0.4 is 5.32 Å². The van der Waals surface area contributed by atoms with Crippen LogP contribution in [0.5, 0.6) is 0 Å². The number of carbonyl (C=O) groups is 2. The van der Waals surface area contributed by atoms with Crippen LogP contribution in [0.25, 0.3) is 0 Å². The van der Waals surface area contributed by atoms with Crippen molar-refractivity contribution in [2.24, 2.45) is 5.92 Å². The van der Waals surface area contributed by atoms with Gasteiger partial charge < -0.3 is 15.1 Å². The quantitative estimate of drug-likeness (QED) is 0.718. The van der Waals surface area contributed by atoms with Gasteiger partial charge in [-0.25, -0.2) is 0 Å². The number of hydrogen-bond acceptors (Lipinski definition) is 3. The Balaban J connectivity index is 1.90. The smallest absolute Gasteiger partial charge is 0.242 e. The van der Waals surface area contributed by atoms with Crippen molar-refractivity contribution in [3.8, 4) is 0 Å². The van der Waals surface area contributed by atoms with E-state index >= 15 is 0 Å². The summed E-state index contributed by atoms with van der Waals surface area (Å²) >= 11 is 0. The third-order valence-corrected chi connectivity index (χ3v) is 3.97. The molecule has 96 valence electrons. The summed E-state index contributed by atoms with van der Waals surface area (Å²) in [5.74, 6) is 0.694. The lowest BCUT2D eigenvalue weighted by molar-refractivity contribution is -0.141. The predicted molar refractivity (Wildman–Crippen MR) is 64.4 cm³/mol. The first-order valence-electron chi connectivity index (χ1n) is 6.37. The molecule has 0 saturated carbocycles. The van der Waals surface area contributed by atoms with Gasteiger partial charge in [-0.2, -0.15) is 0 Å². The summed E-state index contributed by atoms with van der Waals surface area (Å²) in [6.07, 6.45) is 1.07. The fourth-order valence-electron chi connectivity index (χ4n) is 2.51. The summed E-state index contributed by atoms with van der Waals surface area (Å²) in [5, 5.41) is 3.01. The van der Waals surface area contributed by atoms with Crippen molar-refractivity contribution in [2.45, 2.75) is 26.3 Å². The van der Waals surface area contributed by atoms with Crippen molar-refractivity contribution >= 4 is 11.8 Å². The molecule has 2 aliphatic heterocycles. The van der Waals surface area contributed by atoms with Crippen LogP contribution in [0.4, 0.5) is 0 Å². The maximum absolute atomic E-state index is 12.1. The largest absolute Gasteiger partial charge is 0.338 e. The molecule has 2 heterocycles. The highest BCUT2D eigenvalue weighted by Gasteiger charge is 2.32. The molecule has 0 aromatic heterocycles. The lowest BCUT2D eigenvalue weighted by atomic mass is 10.1. The van der Waals surface area contributed by atoms with Gasteiger partial charge in [0, 0.05) is 25.7 Å². The zero-order valence-electron chi connectivity index (χ0n) is 10.6. The van der Waals surface area contributed by atoms with Gasteiger partial charge in [-0.15, -0.1) is 0 Å². The third-order valence-electron chi connectivity index (χ3n) is 3.97. The molecule has 2 unspecified atom stereocenters. The average Bonchev–Trinajstić information content (AvgIpc) is 2.63. The second-order valence-electron chi connectivity index (χ2n) is 5.09. The SMILES string of the molecule is CC1CCN(C(=O)CN2CCNCC2=O)C1C. The Bertz CT molecular complexity index is 319. The Kier molecular flexibility index (Phi) is 3.66. The van der Waals surface area contributed by atoms with E-state index in [2.05, 4.69) is 19.2 Å². The molecule has 5 heteroatoms. The van der Waals surface area contributed by atoms with Gasteiger partial charge >= 0.3 is 0 Å². The standard InChI is InChI=1S/C12H21N3O2/c1-9-3-5-15(10(9)2)12(17)8-14-6-4-13-7-11(14)16/h9-10,13H,3-8H2,1-2H3. The van der Waals surface area contributed by atoms with Crippen molar-refractivity contribution in [1.29, 1.82) is 0 Å². The molecule has 0 aromatic carbocycles. The Morgan fingerprint density at radius 3 is 2.76 bits per heavy atom. The molecule has 2 rings (SSSR count). The number of likely N-dealkylation sites (tertiary alicyclic amines) is 1. The molecule has 2 fully saturated rings. The zero-order valence-corrected chi connectivity index (χ0v) is 10.6. The van der Waals surface area contributed by atoms with Gasteiger partial charge in [-0.05, 0) is 19.3 Å². The molecular weight excluding hydrogens is 218 g/mol. The Hall–Kier alpha value is -1.10. The van der Waals surface area contributed by atoms with E-state index in [1.54, 1.807) is 4.90 Å². The van der Waals surface area contributed by atoms with E-state index in [4.69, 9.17) is 0 Å². The van der Waals surface area contributed by atoms with Crippen molar-refractivity contribution < 1.29 is 9.59 Å². The van der Waals surface area contributed by atoms with Crippen molar-refractivity contribution in [3.63, 3.8) is 0 Å². The number of amides is 2. The maximum Gasteiger partial charge on any atom is 0.242 e. The first kappa shape index (κ1) is 12.4. The molecule has 0 aromatic rings. The second kappa shape index (κ2) is 5.04. The molecule has 2 saturated heterocycles. The highest BCUT2D eigenvalue weighted by Crippen LogP contribution is 2.23. The monoisotopic (exact) mass is 239 g/mol. The van der Waals surface area contributed by atoms with Gasteiger partial charge in [0.1, 0.15) is 0 Å². The van der Waals surface area contributed by atoms with Gasteiger partial charge in [0.25, 0.3) is 0 Å². The normalized spacial score (nSPS) is 29.9. The first-order valence-corrected chi connectivity index (χ1v) is 6.37. The molecule has 0 spiro atoms. The number of nitrogens with one attached hydrogen (secondary N) is 1. The average molecular weight is 239 g/mol. The van der Waals surface area contributed by atoms with Gasteiger partial charge in [0.05, 0.1) is 13.1 Å². The molecule has 5 nitrogen and oxygen atoms in total. The van der Waals surface area contributed by atoms with Crippen LogP contribution in [0.2, 0.25) is 0 Å². The Morgan fingerprint density at radius 1 is 1.41 bits per heavy atom. The topological polar surface area (TPSA) is 52.7 Å². The summed E-state index contributed by atoms with van der Waals surface area (Å²) in [7, 11) is 0. The minimum atomic E-state index is 0.0319. The molecule has 0 bridgehead atoms. The highest BCUT2D eigenvalue weighted by atomic mass is 16.2. The van der Waals surface area contributed by atoms with Crippen LogP contribution in [0.1, 0.15) is 20.3 Å². The van der Waals surface area contributed by atoms with Gasteiger partial charge in [0.2, 0.25) is 11.8 Å². The van der Waals surface area contributed by atoms with E-state index in [1.807, 2.05) is 4.90 Å². The number of nitrogens with zero attached hydrogens (tertiary/aromatic N) is 2. The number of carbonyl (C=O) groups excluding carboxylic acids is 2. The maximum atomic E-state index is 12.1. The summed E-state index contributed by atoms with van der Waals surface area (Å²) in [6, 6.07) is 0.306. The Morgan fingerprint density at radius 2 is 2.18 bits per heavy atom. The van der Waals surface area contributed by atoms with Crippen LogP contribution in [0.3, 0.4) is 0 Å². The fourth-order valence-corrected chi connectivity index (χ4v) is 2.51. The summed E-state index contributed by atoms with van der Waals surface area (Å²) < 4.78 is 0. The van der Waals surface area contributed by atoms with E-state index in [9.17, 15) is 9.59 Å². The van der Waals surface area contributed by atoms with E-state index in [-0.39, 0.29) is 18.4 Å². The molecule has 0 radical (unpaired) electrons. The lowest BCUT2D eigenvalue weighted by Crippen LogP contribution is -2.52. The number of rotatable bonds is 2. The van der Waals surface area contributed by atoms with Gasteiger partial charge in [-0.1, -0.05) is 6.92 Å². The van der Waals surface area contributed by atoms with Crippen molar-refractivity contribution in [2.75, 3.05) is 32.7 Å². The Labute approximate surface area is 102 Å². The van der Waals surface area contributed by atoms with E-state index < -0.39 is 0 Å². The highest BCUT2D eigenvalue weighted by molar-refractivity contribution is 5.86. The summed E-state index contributed by atoms with van der Waals surface area (Å²) in [5.41, 5.74) is 0. The molecule has 17 heavy (non-hydrogen) atoms. The van der Waals surface area contributed by atoms with Crippen LogP contribution in [0.15, 0.2) is 0 Å². The van der Waals surface area contributed by atoms with Crippen molar-refractivity contribution in [1.82, 2.24) is 15.1 Å². The van der Waals surface area contributed by atoms with Crippen molar-refractivity contribution in [3.05, 3.63) is 0 Å². The third kappa shape index (κ3) is 2.60. The number of hydrogen-bond donors (Lipinski definition) is 1. The van der Waals surface area contributed by atoms with Crippen LogP contribution in [-0.4, -0.2) is 60.4 Å². The zero-order chi connectivity index (χ0) is 12.4. The van der Waals surface area contributed by atoms with Crippen LogP contribution in [0, 0.1) is 5.92 Å². The number of piperazine rings is 1. The summed E-state index contributed by atoms with van der Waals surface area (Å²) in [6.45, 7) is 7.13. The molecular formula is C12H21N3O2. The molecule has 1 N–H and O–H groups in total. The van der Waals surface area contributed by atoms with E-state index in [0.717, 1.165) is 19.5 Å². The predicted octanol–water partition coefficient (Wildman–Crippen LogP) is -0.325. The van der Waals surface area contributed by atoms with Gasteiger partial charge in [-0.3, -0.25) is 9.59 Å². The van der Waals surface area contributed by atoms with Gasteiger partial charge in [0.15, 0.2) is 0 Å². The van der Waals surface area contributed by atoms with Crippen LogP contribution >= 0.6 is 0 Å². The minimum Gasteiger partial charge on any atom is -0.338 e. The fraction of sp³-hybridized carbons (Fsp3) is 0.833. The molecule has 2 atom stereocenters.